The minimum Gasteiger partial charge on any atom is -0.375 e. The molecule has 2 aliphatic rings. The minimum atomic E-state index is -0.106. The molecule has 1 saturated carbocycles. The Labute approximate surface area is 234 Å². The molecule has 2 fully saturated rings. The van der Waals surface area contributed by atoms with Gasteiger partial charge in [0.25, 0.3) is 0 Å². The zero-order valence-electron chi connectivity index (χ0n) is 22.1. The van der Waals surface area contributed by atoms with E-state index < -0.39 is 0 Å². The van der Waals surface area contributed by atoms with E-state index in [1.54, 1.807) is 12.3 Å². The number of nitrogens with one attached hydrogen (secondary N) is 3. The molecule has 1 aliphatic heterocycles. The fourth-order valence-electron chi connectivity index (χ4n) is 6.32. The molecule has 0 unspecified atom stereocenters. The number of hydrogen-bond donors (Lipinski definition) is 3. The first-order chi connectivity index (χ1) is 19.1. The van der Waals surface area contributed by atoms with E-state index in [1.165, 1.54) is 25.7 Å². The maximum Gasteiger partial charge on any atom is 0.239 e. The molecule has 0 radical (unpaired) electrons. The number of halogens is 1. The molecular formula is C32H35ClN4O2. The zero-order valence-corrected chi connectivity index (χ0v) is 22.9. The van der Waals surface area contributed by atoms with E-state index >= 15 is 0 Å². The molecule has 1 aliphatic carbocycles. The molecule has 3 N–H and O–H groups in total. The molecule has 7 heteroatoms. The second kappa shape index (κ2) is 11.4. The first kappa shape index (κ1) is 25.9. The van der Waals surface area contributed by atoms with Crippen molar-refractivity contribution in [3.05, 3.63) is 76.9 Å². The average Bonchev–Trinajstić information content (AvgIpc) is 3.65. The lowest BCUT2D eigenvalue weighted by molar-refractivity contribution is -0.119. The van der Waals surface area contributed by atoms with Gasteiger partial charge in [-0.2, -0.15) is 0 Å². The quantitative estimate of drug-likeness (QED) is 0.225. The van der Waals surface area contributed by atoms with Crippen molar-refractivity contribution in [1.82, 2.24) is 15.2 Å². The summed E-state index contributed by atoms with van der Waals surface area (Å²) in [6, 6.07) is 18.0. The number of aromatic nitrogens is 1. The van der Waals surface area contributed by atoms with Crippen LogP contribution < -0.4 is 10.6 Å². The fraction of sp³-hybridized carbons (Fsp3) is 0.375. The van der Waals surface area contributed by atoms with Crippen LogP contribution in [-0.4, -0.2) is 53.8 Å². The monoisotopic (exact) mass is 542 g/mol. The number of H-pyrrole nitrogens is 1. The summed E-state index contributed by atoms with van der Waals surface area (Å²) in [6.07, 6.45) is 9.44. The van der Waals surface area contributed by atoms with Gasteiger partial charge >= 0.3 is 0 Å². The van der Waals surface area contributed by atoms with E-state index in [0.717, 1.165) is 53.6 Å². The van der Waals surface area contributed by atoms with Crippen molar-refractivity contribution in [2.75, 3.05) is 31.5 Å². The molecule has 39 heavy (non-hydrogen) atoms. The van der Waals surface area contributed by atoms with Crippen LogP contribution in [0.25, 0.3) is 21.7 Å². The topological polar surface area (TPSA) is 77.2 Å². The Morgan fingerprint density at radius 1 is 0.949 bits per heavy atom. The van der Waals surface area contributed by atoms with Crippen LogP contribution in [0.2, 0.25) is 5.02 Å². The molecule has 1 saturated heterocycles. The van der Waals surface area contributed by atoms with Crippen LogP contribution >= 0.6 is 11.6 Å². The highest BCUT2D eigenvalue weighted by atomic mass is 35.5. The highest BCUT2D eigenvalue weighted by molar-refractivity contribution is 6.35. The van der Waals surface area contributed by atoms with E-state index in [0.29, 0.717) is 34.3 Å². The van der Waals surface area contributed by atoms with E-state index in [2.05, 4.69) is 20.5 Å². The molecule has 3 aromatic carbocycles. The van der Waals surface area contributed by atoms with E-state index in [1.807, 2.05) is 48.5 Å². The van der Waals surface area contributed by atoms with Crippen molar-refractivity contribution in [3.63, 3.8) is 0 Å². The summed E-state index contributed by atoms with van der Waals surface area (Å²) in [7, 11) is 0. The number of amides is 1. The van der Waals surface area contributed by atoms with Crippen LogP contribution in [0.15, 0.2) is 60.8 Å². The van der Waals surface area contributed by atoms with Gasteiger partial charge in [-0.15, -0.1) is 0 Å². The summed E-state index contributed by atoms with van der Waals surface area (Å²) in [4.78, 5) is 32.3. The van der Waals surface area contributed by atoms with Crippen molar-refractivity contribution in [1.29, 1.82) is 0 Å². The molecule has 0 bridgehead atoms. The van der Waals surface area contributed by atoms with Gasteiger partial charge < -0.3 is 20.5 Å². The third kappa shape index (κ3) is 5.54. The largest absolute Gasteiger partial charge is 0.375 e. The summed E-state index contributed by atoms with van der Waals surface area (Å²) in [5.41, 5.74) is 2.60. The predicted octanol–water partition coefficient (Wildman–Crippen LogP) is 6.39. The van der Waals surface area contributed by atoms with Gasteiger partial charge in [-0.1, -0.05) is 66.9 Å². The van der Waals surface area contributed by atoms with Crippen LogP contribution in [0, 0.1) is 5.92 Å². The third-order valence-electron chi connectivity index (χ3n) is 8.57. The van der Waals surface area contributed by atoms with Gasteiger partial charge in [0, 0.05) is 46.2 Å². The highest BCUT2D eigenvalue weighted by Crippen LogP contribution is 2.31. The second-order valence-corrected chi connectivity index (χ2v) is 11.4. The molecule has 4 aromatic rings. The van der Waals surface area contributed by atoms with Crippen molar-refractivity contribution >= 4 is 50.7 Å². The molecule has 1 aromatic heterocycles. The summed E-state index contributed by atoms with van der Waals surface area (Å²) in [6.45, 7) is 3.11. The lowest BCUT2D eigenvalue weighted by Crippen LogP contribution is -2.43. The third-order valence-corrected chi connectivity index (χ3v) is 8.88. The van der Waals surface area contributed by atoms with Gasteiger partial charge in [0.2, 0.25) is 5.91 Å². The van der Waals surface area contributed by atoms with Crippen LogP contribution in [0.4, 0.5) is 5.69 Å². The standard InChI is InChI=1S/C32H35ClN4O2/c33-28-19-34-29-17-23(10-11-26(28)29)32(39)27-12-9-22-5-1-4-8-25(22)31(27)36-20-30(38)35-18-21-13-15-37(16-14-21)24-6-2-3-7-24/h1,4-5,8-12,17,19,21,24,34,36H,2-3,6-7,13-16,18,20H2,(H,35,38). The number of piperidine rings is 1. The number of anilines is 1. The van der Waals surface area contributed by atoms with Gasteiger partial charge in [-0.3, -0.25) is 9.59 Å². The number of fused-ring (bicyclic) bond motifs is 2. The summed E-state index contributed by atoms with van der Waals surface area (Å²) in [5.74, 6) is 0.366. The number of hydrogen-bond acceptors (Lipinski definition) is 4. The lowest BCUT2D eigenvalue weighted by atomic mass is 9.95. The number of ketones is 1. The molecule has 0 atom stereocenters. The Kier molecular flexibility index (Phi) is 7.58. The first-order valence-corrected chi connectivity index (χ1v) is 14.5. The number of aromatic amines is 1. The number of likely N-dealkylation sites (tertiary alicyclic amines) is 1. The Bertz CT molecular complexity index is 1500. The highest BCUT2D eigenvalue weighted by Gasteiger charge is 2.27. The van der Waals surface area contributed by atoms with Gasteiger partial charge in [-0.25, -0.2) is 0 Å². The van der Waals surface area contributed by atoms with Crippen LogP contribution in [-0.2, 0) is 4.79 Å². The second-order valence-electron chi connectivity index (χ2n) is 11.0. The SMILES string of the molecule is O=C(CNc1c(C(=O)c2ccc3c(Cl)c[nH]c3c2)ccc2ccccc12)NCC1CCN(C2CCCC2)CC1. The minimum absolute atomic E-state index is 0.0537. The maximum absolute atomic E-state index is 13.7. The number of benzene rings is 3. The number of nitrogens with zero attached hydrogens (tertiary/aromatic N) is 1. The van der Waals surface area contributed by atoms with Crippen LogP contribution in [0.3, 0.4) is 0 Å². The van der Waals surface area contributed by atoms with Crippen molar-refractivity contribution in [2.24, 2.45) is 5.92 Å². The molecular weight excluding hydrogens is 508 g/mol. The smallest absolute Gasteiger partial charge is 0.239 e. The molecule has 0 spiro atoms. The van der Waals surface area contributed by atoms with E-state index in [9.17, 15) is 9.59 Å². The van der Waals surface area contributed by atoms with Crippen LogP contribution in [0.1, 0.15) is 54.4 Å². The van der Waals surface area contributed by atoms with Gasteiger partial charge in [0.1, 0.15) is 0 Å². The van der Waals surface area contributed by atoms with Crippen molar-refractivity contribution < 1.29 is 9.59 Å². The molecule has 2 heterocycles. The first-order valence-electron chi connectivity index (χ1n) is 14.1. The molecule has 6 rings (SSSR count). The Hall–Kier alpha value is -3.35. The summed E-state index contributed by atoms with van der Waals surface area (Å²) >= 11 is 6.23. The fourth-order valence-corrected chi connectivity index (χ4v) is 6.54. The molecule has 202 valence electrons. The summed E-state index contributed by atoms with van der Waals surface area (Å²) in [5, 5.41) is 9.88. The van der Waals surface area contributed by atoms with Crippen LogP contribution in [0.5, 0.6) is 0 Å². The Balaban J connectivity index is 1.13. The number of carbonyl (C=O) groups is 2. The number of rotatable bonds is 8. The van der Waals surface area contributed by atoms with Crippen molar-refractivity contribution in [2.45, 2.75) is 44.6 Å². The van der Waals surface area contributed by atoms with Gasteiger partial charge in [-0.05, 0) is 62.2 Å². The van der Waals surface area contributed by atoms with Crippen molar-refractivity contribution in [3.8, 4) is 0 Å². The Morgan fingerprint density at radius 2 is 1.74 bits per heavy atom. The van der Waals surface area contributed by atoms with Gasteiger partial charge in [0.15, 0.2) is 5.78 Å². The molecule has 6 nitrogen and oxygen atoms in total. The predicted molar refractivity (Wildman–Crippen MR) is 159 cm³/mol. The zero-order chi connectivity index (χ0) is 26.8. The maximum atomic E-state index is 13.7. The lowest BCUT2D eigenvalue weighted by Gasteiger charge is -2.36. The Morgan fingerprint density at radius 3 is 2.56 bits per heavy atom. The molecule has 1 amide bonds. The van der Waals surface area contributed by atoms with E-state index in [-0.39, 0.29) is 18.2 Å². The van der Waals surface area contributed by atoms with Gasteiger partial charge in [0.05, 0.1) is 17.3 Å². The van der Waals surface area contributed by atoms with E-state index in [4.69, 9.17) is 11.6 Å². The summed E-state index contributed by atoms with van der Waals surface area (Å²) < 4.78 is 0. The normalized spacial score (nSPS) is 17.2. The number of carbonyl (C=O) groups excluding carboxylic acids is 2. The average molecular weight is 543 g/mol.